The van der Waals surface area contributed by atoms with Gasteiger partial charge in [0.15, 0.2) is 11.8 Å². The molecule has 0 aromatic carbocycles. The highest BCUT2D eigenvalue weighted by Gasteiger charge is 2.10. The van der Waals surface area contributed by atoms with E-state index in [2.05, 4.69) is 11.8 Å². The Morgan fingerprint density at radius 2 is 2.44 bits per heavy atom. The summed E-state index contributed by atoms with van der Waals surface area (Å²) in [5, 5.41) is 2.61. The summed E-state index contributed by atoms with van der Waals surface area (Å²) in [4.78, 5) is 20.2. The van der Waals surface area contributed by atoms with Crippen molar-refractivity contribution in [1.29, 1.82) is 0 Å². The van der Waals surface area contributed by atoms with E-state index in [1.54, 1.807) is 0 Å². The third-order valence-corrected chi connectivity index (χ3v) is 0.986. The van der Waals surface area contributed by atoms with Crippen LogP contribution >= 0.6 is 0 Å². The van der Waals surface area contributed by atoms with Crippen LogP contribution in [-0.2, 0) is 4.79 Å². The number of nitrogens with zero attached hydrogens (tertiary/aromatic N) is 1. The molecule has 1 atom stereocenters. The van der Waals surface area contributed by atoms with Gasteiger partial charge in [-0.25, -0.2) is 0 Å². The number of Topliss-reactive ketones (excluding diaryl/α,β-unsaturated/α-hetero) is 1. The van der Waals surface area contributed by atoms with E-state index >= 15 is 0 Å². The summed E-state index contributed by atoms with van der Waals surface area (Å²) in [6, 6.07) is -0.720. The standard InChI is InChI=1S/C6H9NO2/c1-3-4-6(7-9)5(2)8/h3,6H,1,4H2,2H3. The Balaban J connectivity index is 3.81. The molecule has 9 heavy (non-hydrogen) atoms. The van der Waals surface area contributed by atoms with Gasteiger partial charge < -0.3 is 0 Å². The summed E-state index contributed by atoms with van der Waals surface area (Å²) in [7, 11) is 0. The molecule has 0 aliphatic rings. The molecule has 3 heteroatoms. The van der Waals surface area contributed by atoms with Gasteiger partial charge in [-0.2, -0.15) is 4.91 Å². The van der Waals surface area contributed by atoms with Gasteiger partial charge in [-0.05, 0) is 13.3 Å². The minimum atomic E-state index is -0.720. The van der Waals surface area contributed by atoms with E-state index in [-0.39, 0.29) is 5.78 Å². The zero-order valence-corrected chi connectivity index (χ0v) is 5.33. The minimum Gasteiger partial charge on any atom is -0.297 e. The number of rotatable bonds is 4. The van der Waals surface area contributed by atoms with Crippen LogP contribution < -0.4 is 0 Å². The van der Waals surface area contributed by atoms with Gasteiger partial charge in [-0.15, -0.1) is 6.58 Å². The lowest BCUT2D eigenvalue weighted by atomic mass is 10.1. The molecule has 0 saturated heterocycles. The maximum Gasteiger partial charge on any atom is 0.158 e. The van der Waals surface area contributed by atoms with Crippen molar-refractivity contribution in [3.63, 3.8) is 0 Å². The van der Waals surface area contributed by atoms with Gasteiger partial charge in [0.05, 0.1) is 0 Å². The lowest BCUT2D eigenvalue weighted by Crippen LogP contribution is -2.12. The molecule has 3 nitrogen and oxygen atoms in total. The smallest absolute Gasteiger partial charge is 0.158 e. The third kappa shape index (κ3) is 2.74. The van der Waals surface area contributed by atoms with Crippen molar-refractivity contribution in [3.05, 3.63) is 17.6 Å². The van der Waals surface area contributed by atoms with Crippen molar-refractivity contribution >= 4 is 5.78 Å². The van der Waals surface area contributed by atoms with Crippen LogP contribution in [0.15, 0.2) is 17.8 Å². The van der Waals surface area contributed by atoms with E-state index in [0.717, 1.165) is 0 Å². The third-order valence-electron chi connectivity index (χ3n) is 0.986. The van der Waals surface area contributed by atoms with Crippen LogP contribution in [0, 0.1) is 4.91 Å². The molecule has 0 N–H and O–H groups in total. The van der Waals surface area contributed by atoms with Gasteiger partial charge in [-0.1, -0.05) is 11.3 Å². The predicted octanol–water partition coefficient (Wildman–Crippen LogP) is 1.29. The van der Waals surface area contributed by atoms with Crippen LogP contribution in [0.1, 0.15) is 13.3 Å². The average molecular weight is 127 g/mol. The molecule has 50 valence electrons. The summed E-state index contributed by atoms with van der Waals surface area (Å²) in [5.41, 5.74) is 0. The molecule has 0 rings (SSSR count). The van der Waals surface area contributed by atoms with Crippen molar-refractivity contribution in [3.8, 4) is 0 Å². The second-order valence-electron chi connectivity index (χ2n) is 1.76. The normalized spacial score (nSPS) is 12.1. The second kappa shape index (κ2) is 3.95. The van der Waals surface area contributed by atoms with Crippen molar-refractivity contribution in [2.45, 2.75) is 19.4 Å². The zero-order chi connectivity index (χ0) is 7.28. The van der Waals surface area contributed by atoms with Crippen LogP contribution in [0.4, 0.5) is 0 Å². The first-order chi connectivity index (χ1) is 4.22. The molecule has 0 fully saturated rings. The van der Waals surface area contributed by atoms with E-state index in [9.17, 15) is 9.70 Å². The first-order valence-electron chi connectivity index (χ1n) is 2.66. The van der Waals surface area contributed by atoms with Gasteiger partial charge >= 0.3 is 0 Å². The number of hydrogen-bond acceptors (Lipinski definition) is 3. The Kier molecular flexibility index (Phi) is 3.51. The predicted molar refractivity (Wildman–Crippen MR) is 35.1 cm³/mol. The molecular formula is C6H9NO2. The molecule has 0 saturated carbocycles. The van der Waals surface area contributed by atoms with Crippen LogP contribution in [0.5, 0.6) is 0 Å². The minimum absolute atomic E-state index is 0.204. The second-order valence-corrected chi connectivity index (χ2v) is 1.76. The summed E-state index contributed by atoms with van der Waals surface area (Å²) >= 11 is 0. The van der Waals surface area contributed by atoms with E-state index in [4.69, 9.17) is 0 Å². The van der Waals surface area contributed by atoms with Gasteiger partial charge in [-0.3, -0.25) is 4.79 Å². The fourth-order valence-corrected chi connectivity index (χ4v) is 0.441. The summed E-state index contributed by atoms with van der Waals surface area (Å²) < 4.78 is 0. The first-order valence-corrected chi connectivity index (χ1v) is 2.66. The summed E-state index contributed by atoms with van der Waals surface area (Å²) in [6.45, 7) is 4.72. The van der Waals surface area contributed by atoms with Crippen LogP contribution in [-0.4, -0.2) is 11.8 Å². The lowest BCUT2D eigenvalue weighted by Gasteiger charge is -1.96. The maximum absolute atomic E-state index is 10.4. The fourth-order valence-electron chi connectivity index (χ4n) is 0.441. The van der Waals surface area contributed by atoms with Gasteiger partial charge in [0.2, 0.25) is 0 Å². The largest absolute Gasteiger partial charge is 0.297 e. The van der Waals surface area contributed by atoms with E-state index < -0.39 is 6.04 Å². The Morgan fingerprint density at radius 1 is 1.89 bits per heavy atom. The monoisotopic (exact) mass is 127 g/mol. The molecule has 0 aromatic heterocycles. The molecule has 0 amide bonds. The molecular weight excluding hydrogens is 118 g/mol. The quantitative estimate of drug-likeness (QED) is 0.422. The summed E-state index contributed by atoms with van der Waals surface area (Å²) in [6.07, 6.45) is 1.85. The van der Waals surface area contributed by atoms with E-state index in [0.29, 0.717) is 6.42 Å². The molecule has 0 spiro atoms. The Hall–Kier alpha value is -0.990. The maximum atomic E-state index is 10.4. The SMILES string of the molecule is C=CCC(N=O)C(C)=O. The van der Waals surface area contributed by atoms with Crippen LogP contribution in [0.25, 0.3) is 0 Å². The fraction of sp³-hybridized carbons (Fsp3) is 0.500. The molecule has 0 radical (unpaired) electrons. The van der Waals surface area contributed by atoms with Gasteiger partial charge in [0.25, 0.3) is 0 Å². The first kappa shape index (κ1) is 8.01. The lowest BCUT2D eigenvalue weighted by molar-refractivity contribution is -0.118. The number of hydrogen-bond donors (Lipinski definition) is 0. The molecule has 0 aromatic rings. The highest BCUT2D eigenvalue weighted by atomic mass is 16.3. The summed E-state index contributed by atoms with van der Waals surface area (Å²) in [5.74, 6) is -0.204. The van der Waals surface area contributed by atoms with Crippen molar-refractivity contribution < 1.29 is 4.79 Å². The van der Waals surface area contributed by atoms with E-state index in [1.807, 2.05) is 0 Å². The molecule has 0 aliphatic carbocycles. The highest BCUT2D eigenvalue weighted by molar-refractivity contribution is 5.81. The molecule has 0 aliphatic heterocycles. The number of carbonyl (C=O) groups is 1. The molecule has 1 unspecified atom stereocenters. The average Bonchev–Trinajstić information content (AvgIpc) is 1.82. The van der Waals surface area contributed by atoms with Crippen molar-refractivity contribution in [2.24, 2.45) is 5.18 Å². The van der Waals surface area contributed by atoms with Crippen LogP contribution in [0.3, 0.4) is 0 Å². The zero-order valence-electron chi connectivity index (χ0n) is 5.33. The van der Waals surface area contributed by atoms with E-state index in [1.165, 1.54) is 13.0 Å². The Morgan fingerprint density at radius 3 is 2.56 bits per heavy atom. The van der Waals surface area contributed by atoms with Crippen molar-refractivity contribution in [1.82, 2.24) is 0 Å². The highest BCUT2D eigenvalue weighted by Crippen LogP contribution is 1.98. The molecule has 0 heterocycles. The van der Waals surface area contributed by atoms with Crippen molar-refractivity contribution in [2.75, 3.05) is 0 Å². The van der Waals surface area contributed by atoms with Crippen LogP contribution in [0.2, 0.25) is 0 Å². The molecule has 0 bridgehead atoms. The number of ketones is 1. The number of carbonyl (C=O) groups excluding carboxylic acids is 1. The Labute approximate surface area is 53.7 Å². The van der Waals surface area contributed by atoms with Gasteiger partial charge in [0, 0.05) is 0 Å². The Bertz CT molecular complexity index is 131. The van der Waals surface area contributed by atoms with Gasteiger partial charge in [0.1, 0.15) is 0 Å². The number of nitroso groups, excluding NO2 is 1. The topological polar surface area (TPSA) is 46.5 Å².